The highest BCUT2D eigenvalue weighted by atomic mass is 35.5. The van der Waals surface area contributed by atoms with E-state index in [2.05, 4.69) is 22.6 Å². The summed E-state index contributed by atoms with van der Waals surface area (Å²) in [6.45, 7) is 2.96. The van der Waals surface area contributed by atoms with Crippen LogP contribution in [0.25, 0.3) is 0 Å². The van der Waals surface area contributed by atoms with Gasteiger partial charge in [-0.15, -0.1) is 0 Å². The highest BCUT2D eigenvalue weighted by Crippen LogP contribution is 2.21. The zero-order valence-electron chi connectivity index (χ0n) is 12.1. The highest BCUT2D eigenvalue weighted by Gasteiger charge is 2.18. The average Bonchev–Trinajstić information content (AvgIpc) is 2.46. The monoisotopic (exact) mass is 295 g/mol. The average molecular weight is 296 g/mol. The standard InChI is InChI=1S/C15H22ClN3O/c1-17-14-4-3-12(16)9-13(14)15(20)18-10-11-5-7-19(2)8-6-11/h3-4,9,11,17H,5-8,10H2,1-2H3,(H,18,20). The van der Waals surface area contributed by atoms with Gasteiger partial charge in [0, 0.05) is 24.3 Å². The lowest BCUT2D eigenvalue weighted by Gasteiger charge is -2.29. The Kier molecular flexibility index (Phi) is 5.26. The zero-order valence-corrected chi connectivity index (χ0v) is 12.8. The number of likely N-dealkylation sites (tertiary alicyclic amines) is 1. The fourth-order valence-corrected chi connectivity index (χ4v) is 2.69. The number of amides is 1. The molecule has 0 aromatic heterocycles. The van der Waals surface area contributed by atoms with Gasteiger partial charge in [-0.1, -0.05) is 11.6 Å². The number of carbonyl (C=O) groups is 1. The maximum Gasteiger partial charge on any atom is 0.253 e. The fraction of sp³-hybridized carbons (Fsp3) is 0.533. The molecule has 5 heteroatoms. The third kappa shape index (κ3) is 3.87. The van der Waals surface area contributed by atoms with Crippen LogP contribution in [0.2, 0.25) is 5.02 Å². The van der Waals surface area contributed by atoms with E-state index in [0.717, 1.165) is 38.2 Å². The Hall–Kier alpha value is -1.26. The number of halogens is 1. The molecule has 0 spiro atoms. The molecular weight excluding hydrogens is 274 g/mol. The van der Waals surface area contributed by atoms with E-state index in [0.29, 0.717) is 16.5 Å². The van der Waals surface area contributed by atoms with Crippen LogP contribution < -0.4 is 10.6 Å². The van der Waals surface area contributed by atoms with Crippen LogP contribution in [-0.4, -0.2) is 44.5 Å². The van der Waals surface area contributed by atoms with Crippen LogP contribution in [-0.2, 0) is 0 Å². The van der Waals surface area contributed by atoms with Crippen LogP contribution in [0.15, 0.2) is 18.2 Å². The van der Waals surface area contributed by atoms with Crippen molar-refractivity contribution in [2.75, 3.05) is 39.0 Å². The number of carbonyl (C=O) groups excluding carboxylic acids is 1. The van der Waals surface area contributed by atoms with Crippen LogP contribution in [0.1, 0.15) is 23.2 Å². The van der Waals surface area contributed by atoms with Crippen molar-refractivity contribution in [2.24, 2.45) is 5.92 Å². The Morgan fingerprint density at radius 1 is 1.40 bits per heavy atom. The van der Waals surface area contributed by atoms with Crippen molar-refractivity contribution < 1.29 is 4.79 Å². The van der Waals surface area contributed by atoms with Crippen molar-refractivity contribution in [1.82, 2.24) is 10.2 Å². The Morgan fingerprint density at radius 2 is 2.10 bits per heavy atom. The molecule has 0 aliphatic carbocycles. The molecule has 0 bridgehead atoms. The summed E-state index contributed by atoms with van der Waals surface area (Å²) in [5, 5.41) is 6.63. The molecule has 1 saturated heterocycles. The summed E-state index contributed by atoms with van der Waals surface area (Å²) in [7, 11) is 3.94. The summed E-state index contributed by atoms with van der Waals surface area (Å²) in [6.07, 6.45) is 2.29. The van der Waals surface area contributed by atoms with Gasteiger partial charge in [-0.25, -0.2) is 0 Å². The highest BCUT2D eigenvalue weighted by molar-refractivity contribution is 6.31. The topological polar surface area (TPSA) is 44.4 Å². The second-order valence-electron chi connectivity index (χ2n) is 5.40. The maximum atomic E-state index is 12.3. The first-order valence-corrected chi connectivity index (χ1v) is 7.42. The molecule has 0 unspecified atom stereocenters. The van der Waals surface area contributed by atoms with Gasteiger partial charge in [0.05, 0.1) is 5.56 Å². The van der Waals surface area contributed by atoms with E-state index >= 15 is 0 Å². The van der Waals surface area contributed by atoms with Gasteiger partial charge in [-0.2, -0.15) is 0 Å². The predicted molar refractivity (Wildman–Crippen MR) is 83.6 cm³/mol. The lowest BCUT2D eigenvalue weighted by molar-refractivity contribution is 0.0940. The van der Waals surface area contributed by atoms with Crippen molar-refractivity contribution in [2.45, 2.75) is 12.8 Å². The minimum absolute atomic E-state index is 0.0595. The van der Waals surface area contributed by atoms with Crippen molar-refractivity contribution in [1.29, 1.82) is 0 Å². The number of anilines is 1. The summed E-state index contributed by atoms with van der Waals surface area (Å²) in [4.78, 5) is 14.6. The number of piperidine rings is 1. The Morgan fingerprint density at radius 3 is 2.75 bits per heavy atom. The van der Waals surface area contributed by atoms with E-state index in [1.165, 1.54) is 0 Å². The number of rotatable bonds is 4. The van der Waals surface area contributed by atoms with Crippen molar-refractivity contribution in [3.63, 3.8) is 0 Å². The Labute approximate surface area is 125 Å². The molecule has 2 rings (SSSR count). The van der Waals surface area contributed by atoms with E-state index in [9.17, 15) is 4.79 Å². The summed E-state index contributed by atoms with van der Waals surface area (Å²) < 4.78 is 0. The summed E-state index contributed by atoms with van der Waals surface area (Å²) >= 11 is 5.97. The van der Waals surface area contributed by atoms with E-state index in [-0.39, 0.29) is 5.91 Å². The van der Waals surface area contributed by atoms with Gasteiger partial charge in [0.25, 0.3) is 5.91 Å². The zero-order chi connectivity index (χ0) is 14.5. The van der Waals surface area contributed by atoms with Crippen LogP contribution in [0.5, 0.6) is 0 Å². The van der Waals surface area contributed by atoms with Crippen LogP contribution >= 0.6 is 11.6 Å². The molecule has 1 heterocycles. The molecule has 1 amide bonds. The third-order valence-electron chi connectivity index (χ3n) is 3.89. The molecule has 1 fully saturated rings. The molecule has 0 atom stereocenters. The van der Waals surface area contributed by atoms with Gasteiger partial charge in [0.1, 0.15) is 0 Å². The molecule has 4 nitrogen and oxygen atoms in total. The first-order valence-electron chi connectivity index (χ1n) is 7.04. The van der Waals surface area contributed by atoms with Gasteiger partial charge in [-0.05, 0) is 57.1 Å². The van der Waals surface area contributed by atoms with Crippen LogP contribution in [0, 0.1) is 5.92 Å². The molecule has 1 aliphatic heterocycles. The molecule has 110 valence electrons. The number of nitrogens with one attached hydrogen (secondary N) is 2. The minimum Gasteiger partial charge on any atom is -0.387 e. The molecule has 2 N–H and O–H groups in total. The molecule has 1 aromatic rings. The molecule has 20 heavy (non-hydrogen) atoms. The molecule has 0 radical (unpaired) electrons. The number of hydrogen-bond acceptors (Lipinski definition) is 3. The smallest absolute Gasteiger partial charge is 0.253 e. The van der Waals surface area contributed by atoms with Crippen LogP contribution in [0.4, 0.5) is 5.69 Å². The van der Waals surface area contributed by atoms with Crippen LogP contribution in [0.3, 0.4) is 0 Å². The number of hydrogen-bond donors (Lipinski definition) is 2. The van der Waals surface area contributed by atoms with Gasteiger partial charge < -0.3 is 15.5 Å². The van der Waals surface area contributed by atoms with Crippen molar-refractivity contribution in [3.8, 4) is 0 Å². The molecule has 1 aliphatic rings. The lowest BCUT2D eigenvalue weighted by atomic mass is 9.97. The molecular formula is C15H22ClN3O. The number of nitrogens with zero attached hydrogens (tertiary/aromatic N) is 1. The first-order chi connectivity index (χ1) is 9.60. The van der Waals surface area contributed by atoms with Gasteiger partial charge in [0.15, 0.2) is 0 Å². The lowest BCUT2D eigenvalue weighted by Crippen LogP contribution is -2.37. The summed E-state index contributed by atoms with van der Waals surface area (Å²) in [5.74, 6) is 0.517. The van der Waals surface area contributed by atoms with Gasteiger partial charge in [-0.3, -0.25) is 4.79 Å². The normalized spacial score (nSPS) is 16.9. The SMILES string of the molecule is CNc1ccc(Cl)cc1C(=O)NCC1CCN(C)CC1. The quantitative estimate of drug-likeness (QED) is 0.897. The Balaban J connectivity index is 1.93. The van der Waals surface area contributed by atoms with Crippen molar-refractivity contribution >= 4 is 23.2 Å². The van der Waals surface area contributed by atoms with Gasteiger partial charge in [0.2, 0.25) is 0 Å². The summed E-state index contributed by atoms with van der Waals surface area (Å²) in [6, 6.07) is 5.31. The first kappa shape index (κ1) is 15.1. The maximum absolute atomic E-state index is 12.3. The third-order valence-corrected chi connectivity index (χ3v) is 4.12. The van der Waals surface area contributed by atoms with E-state index < -0.39 is 0 Å². The summed E-state index contributed by atoms with van der Waals surface area (Å²) in [5.41, 5.74) is 1.41. The largest absolute Gasteiger partial charge is 0.387 e. The fourth-order valence-electron chi connectivity index (χ4n) is 2.52. The van der Waals surface area contributed by atoms with Crippen molar-refractivity contribution in [3.05, 3.63) is 28.8 Å². The number of benzene rings is 1. The minimum atomic E-state index is -0.0595. The van der Waals surface area contributed by atoms with E-state index in [4.69, 9.17) is 11.6 Å². The predicted octanol–water partition coefficient (Wildman–Crippen LogP) is 2.45. The Bertz CT molecular complexity index is 470. The van der Waals surface area contributed by atoms with E-state index in [1.54, 1.807) is 19.2 Å². The van der Waals surface area contributed by atoms with E-state index in [1.807, 2.05) is 6.07 Å². The second-order valence-corrected chi connectivity index (χ2v) is 5.83. The molecule has 1 aromatic carbocycles. The molecule has 0 saturated carbocycles. The van der Waals surface area contributed by atoms with Gasteiger partial charge >= 0.3 is 0 Å². The second kappa shape index (κ2) is 6.95.